The lowest BCUT2D eigenvalue weighted by molar-refractivity contribution is 0.0541. The van der Waals surface area contributed by atoms with Crippen molar-refractivity contribution in [1.29, 1.82) is 0 Å². The van der Waals surface area contributed by atoms with Crippen LogP contribution >= 0.6 is 12.6 Å². The summed E-state index contributed by atoms with van der Waals surface area (Å²) in [5.41, 5.74) is 1.25. The summed E-state index contributed by atoms with van der Waals surface area (Å²) in [5.74, 6) is 0.824. The molecule has 2 nitrogen and oxygen atoms in total. The summed E-state index contributed by atoms with van der Waals surface area (Å²) in [6, 6.07) is 0.820. The summed E-state index contributed by atoms with van der Waals surface area (Å²) in [7, 11) is 0. The second kappa shape index (κ2) is 5.37. The van der Waals surface area contributed by atoms with E-state index in [0.29, 0.717) is 0 Å². The van der Waals surface area contributed by atoms with E-state index in [-0.39, 0.29) is 0 Å². The predicted octanol–water partition coefficient (Wildman–Crippen LogP) is 1.64. The summed E-state index contributed by atoms with van der Waals surface area (Å²) in [6.45, 7) is 10.1. The van der Waals surface area contributed by atoms with E-state index in [1.165, 1.54) is 51.0 Å². The van der Waals surface area contributed by atoms with E-state index in [1.54, 1.807) is 0 Å². The van der Waals surface area contributed by atoms with E-state index < -0.39 is 0 Å². The number of piperidine rings is 1. The van der Waals surface area contributed by atoms with Crippen molar-refractivity contribution in [3.05, 3.63) is 12.2 Å². The third-order valence-corrected chi connectivity index (χ3v) is 4.04. The summed E-state index contributed by atoms with van der Waals surface area (Å²) in [5, 5.41) is 0. The van der Waals surface area contributed by atoms with E-state index >= 15 is 0 Å². The average Bonchev–Trinajstić information content (AvgIpc) is 2.29. The zero-order chi connectivity index (χ0) is 10.7. The summed E-state index contributed by atoms with van der Waals surface area (Å²) in [4.78, 5) is 5.22. The monoisotopic (exact) mass is 226 g/mol. The van der Waals surface area contributed by atoms with Gasteiger partial charge < -0.3 is 0 Å². The third kappa shape index (κ3) is 2.99. The Labute approximate surface area is 98.7 Å². The minimum atomic E-state index is 0.820. The maximum absolute atomic E-state index is 4.27. The molecule has 0 aromatic heterocycles. The van der Waals surface area contributed by atoms with Crippen molar-refractivity contribution in [2.75, 3.05) is 38.5 Å². The zero-order valence-corrected chi connectivity index (χ0v) is 10.4. The molecule has 2 saturated heterocycles. The molecule has 2 heterocycles. The van der Waals surface area contributed by atoms with Gasteiger partial charge in [0.1, 0.15) is 0 Å². The van der Waals surface area contributed by atoms with Crippen LogP contribution in [0.3, 0.4) is 0 Å². The van der Waals surface area contributed by atoms with Crippen LogP contribution in [0.2, 0.25) is 0 Å². The zero-order valence-electron chi connectivity index (χ0n) is 9.49. The first kappa shape index (κ1) is 11.5. The van der Waals surface area contributed by atoms with Crippen molar-refractivity contribution in [2.45, 2.75) is 25.3 Å². The Balaban J connectivity index is 1.83. The fraction of sp³-hybridized carbons (Fsp3) is 0.833. The smallest absolute Gasteiger partial charge is 0.0223 e. The van der Waals surface area contributed by atoms with Gasteiger partial charge in [-0.3, -0.25) is 9.80 Å². The van der Waals surface area contributed by atoms with Crippen molar-refractivity contribution in [1.82, 2.24) is 9.80 Å². The van der Waals surface area contributed by atoms with Gasteiger partial charge in [-0.2, -0.15) is 12.6 Å². The van der Waals surface area contributed by atoms with E-state index in [9.17, 15) is 0 Å². The van der Waals surface area contributed by atoms with Crippen LogP contribution in [0.25, 0.3) is 0 Å². The van der Waals surface area contributed by atoms with Crippen LogP contribution in [0.1, 0.15) is 19.3 Å². The number of rotatable bonds is 3. The van der Waals surface area contributed by atoms with Crippen molar-refractivity contribution in [2.24, 2.45) is 0 Å². The number of piperazine rings is 1. The fourth-order valence-corrected chi connectivity index (χ4v) is 2.83. The number of nitrogens with zero attached hydrogens (tertiary/aromatic N) is 2. The van der Waals surface area contributed by atoms with Crippen molar-refractivity contribution < 1.29 is 0 Å². The minimum Gasteiger partial charge on any atom is -0.298 e. The predicted molar refractivity (Wildman–Crippen MR) is 68.6 cm³/mol. The molecule has 2 aliphatic rings. The van der Waals surface area contributed by atoms with Crippen LogP contribution in [0.4, 0.5) is 0 Å². The highest BCUT2D eigenvalue weighted by Gasteiger charge is 2.28. The van der Waals surface area contributed by atoms with Crippen molar-refractivity contribution in [3.8, 4) is 0 Å². The molecular weight excluding hydrogens is 204 g/mol. The molecule has 0 saturated carbocycles. The molecule has 3 heteroatoms. The Morgan fingerprint density at radius 2 is 2.13 bits per heavy atom. The van der Waals surface area contributed by atoms with Gasteiger partial charge in [0.15, 0.2) is 0 Å². The maximum atomic E-state index is 4.27. The first-order chi connectivity index (χ1) is 7.29. The van der Waals surface area contributed by atoms with Gasteiger partial charge in [0.05, 0.1) is 0 Å². The van der Waals surface area contributed by atoms with Crippen molar-refractivity contribution in [3.63, 3.8) is 0 Å². The second-order valence-corrected chi connectivity index (χ2v) is 5.15. The highest BCUT2D eigenvalue weighted by atomic mass is 32.1. The molecular formula is C12H22N2S. The van der Waals surface area contributed by atoms with E-state index in [4.69, 9.17) is 0 Å². The fourth-order valence-electron chi connectivity index (χ4n) is 2.73. The van der Waals surface area contributed by atoms with Crippen molar-refractivity contribution >= 4 is 12.6 Å². The van der Waals surface area contributed by atoms with Gasteiger partial charge in [-0.05, 0) is 19.4 Å². The Morgan fingerprint density at radius 3 is 2.93 bits per heavy atom. The van der Waals surface area contributed by atoms with Gasteiger partial charge >= 0.3 is 0 Å². The van der Waals surface area contributed by atoms with Crippen LogP contribution in [0, 0.1) is 0 Å². The normalized spacial score (nSPS) is 28.7. The average molecular weight is 226 g/mol. The molecule has 0 N–H and O–H groups in total. The van der Waals surface area contributed by atoms with Gasteiger partial charge in [0, 0.05) is 38.0 Å². The standard InChI is InChI=1S/C12H22N2S/c1-11(10-15)8-13-6-7-14-5-3-2-4-12(14)9-13/h12,15H,1-10H2. The number of hydrogen-bond acceptors (Lipinski definition) is 3. The summed E-state index contributed by atoms with van der Waals surface area (Å²) < 4.78 is 0. The molecule has 0 amide bonds. The number of thiol groups is 1. The largest absolute Gasteiger partial charge is 0.298 e. The van der Waals surface area contributed by atoms with Gasteiger partial charge in [-0.1, -0.05) is 18.6 Å². The summed E-state index contributed by atoms with van der Waals surface area (Å²) >= 11 is 4.27. The topological polar surface area (TPSA) is 6.48 Å². The molecule has 0 aromatic rings. The Kier molecular flexibility index (Phi) is 4.12. The molecule has 1 unspecified atom stereocenters. The lowest BCUT2D eigenvalue weighted by Gasteiger charge is -2.44. The Morgan fingerprint density at radius 1 is 1.27 bits per heavy atom. The lowest BCUT2D eigenvalue weighted by Crippen LogP contribution is -2.55. The molecule has 0 aromatic carbocycles. The number of fused-ring (bicyclic) bond motifs is 1. The molecule has 0 radical (unpaired) electrons. The highest BCUT2D eigenvalue weighted by Crippen LogP contribution is 2.21. The van der Waals surface area contributed by atoms with Gasteiger partial charge in [0.2, 0.25) is 0 Å². The molecule has 15 heavy (non-hydrogen) atoms. The van der Waals surface area contributed by atoms with Crippen LogP contribution in [-0.4, -0.2) is 54.3 Å². The molecule has 0 spiro atoms. The van der Waals surface area contributed by atoms with Gasteiger partial charge in [0.25, 0.3) is 0 Å². The van der Waals surface area contributed by atoms with Gasteiger partial charge in [-0.25, -0.2) is 0 Å². The summed E-state index contributed by atoms with van der Waals surface area (Å²) in [6.07, 6.45) is 4.21. The Hall–Kier alpha value is 0.01000. The van der Waals surface area contributed by atoms with Gasteiger partial charge in [-0.15, -0.1) is 0 Å². The third-order valence-electron chi connectivity index (χ3n) is 3.59. The molecule has 0 bridgehead atoms. The van der Waals surface area contributed by atoms with E-state index in [0.717, 1.165) is 18.3 Å². The maximum Gasteiger partial charge on any atom is 0.0223 e. The molecule has 2 rings (SSSR count). The van der Waals surface area contributed by atoms with Crippen LogP contribution in [0.15, 0.2) is 12.2 Å². The molecule has 86 valence electrons. The molecule has 1 atom stereocenters. The molecule has 0 aliphatic carbocycles. The number of hydrogen-bond donors (Lipinski definition) is 1. The Bertz CT molecular complexity index is 230. The molecule has 2 aliphatic heterocycles. The van der Waals surface area contributed by atoms with E-state index in [1.807, 2.05) is 0 Å². The van der Waals surface area contributed by atoms with E-state index in [2.05, 4.69) is 29.0 Å². The van der Waals surface area contributed by atoms with Crippen LogP contribution in [0.5, 0.6) is 0 Å². The second-order valence-electron chi connectivity index (χ2n) is 4.83. The molecule has 2 fully saturated rings. The first-order valence-corrected chi connectivity index (χ1v) is 6.67. The minimum absolute atomic E-state index is 0.820. The van der Waals surface area contributed by atoms with Crippen LogP contribution < -0.4 is 0 Å². The SMILES string of the molecule is C=C(CS)CN1CCN2CCCCC2C1. The first-order valence-electron chi connectivity index (χ1n) is 6.03. The lowest BCUT2D eigenvalue weighted by atomic mass is 9.99. The highest BCUT2D eigenvalue weighted by molar-refractivity contribution is 7.80. The van der Waals surface area contributed by atoms with Crippen LogP contribution in [-0.2, 0) is 0 Å². The quantitative estimate of drug-likeness (QED) is 0.577.